The first-order chi connectivity index (χ1) is 12.5. The zero-order valence-electron chi connectivity index (χ0n) is 15.6. The highest BCUT2D eigenvalue weighted by atomic mass is 127. The van der Waals surface area contributed by atoms with E-state index < -0.39 is 6.61 Å². The summed E-state index contributed by atoms with van der Waals surface area (Å²) in [6, 6.07) is 8.46. The summed E-state index contributed by atoms with van der Waals surface area (Å²) in [6.07, 6.45) is 0.818. The first-order valence-electron chi connectivity index (χ1n) is 8.49. The van der Waals surface area contributed by atoms with Crippen LogP contribution in [-0.4, -0.2) is 36.2 Å². The Morgan fingerprint density at radius 2 is 2.00 bits per heavy atom. The van der Waals surface area contributed by atoms with Crippen LogP contribution in [0.25, 0.3) is 0 Å². The van der Waals surface area contributed by atoms with E-state index in [2.05, 4.69) is 20.2 Å². The second-order valence-electron chi connectivity index (χ2n) is 5.69. The van der Waals surface area contributed by atoms with Crippen molar-refractivity contribution in [2.75, 3.05) is 13.6 Å². The number of nitrogens with one attached hydrogen (secondary N) is 1. The summed E-state index contributed by atoms with van der Waals surface area (Å²) in [5.41, 5.74) is 1.85. The number of benzene rings is 1. The monoisotopic (exact) mass is 494 g/mol. The van der Waals surface area contributed by atoms with E-state index in [0.717, 1.165) is 30.2 Å². The number of halogens is 3. The molecule has 1 aromatic heterocycles. The number of nitrogens with zero attached hydrogens (tertiary/aromatic N) is 3. The Kier molecular flexibility index (Phi) is 10.0. The largest absolute Gasteiger partial charge is 0.435 e. The quantitative estimate of drug-likeness (QED) is 0.341. The number of aliphatic imine (C=N–C) groups is 1. The minimum Gasteiger partial charge on any atom is -0.435 e. The number of hydrogen-bond donors (Lipinski definition) is 1. The van der Waals surface area contributed by atoms with Gasteiger partial charge >= 0.3 is 6.61 Å². The van der Waals surface area contributed by atoms with Crippen LogP contribution in [0.3, 0.4) is 0 Å². The molecule has 150 valence electrons. The van der Waals surface area contributed by atoms with Crippen LogP contribution in [0.4, 0.5) is 8.78 Å². The number of hydrogen-bond acceptors (Lipinski definition) is 4. The topological polar surface area (TPSA) is 62.9 Å². The fourth-order valence-corrected chi connectivity index (χ4v) is 2.34. The second kappa shape index (κ2) is 11.7. The molecule has 1 aromatic carbocycles. The number of rotatable bonds is 8. The van der Waals surface area contributed by atoms with Gasteiger partial charge in [-0.3, -0.25) is 0 Å². The first-order valence-corrected chi connectivity index (χ1v) is 8.49. The Labute approximate surface area is 175 Å². The summed E-state index contributed by atoms with van der Waals surface area (Å²) in [6.45, 7) is 2.86. The number of aromatic nitrogens is 1. The molecule has 0 atom stereocenters. The fourth-order valence-electron chi connectivity index (χ4n) is 2.34. The van der Waals surface area contributed by atoms with Crippen LogP contribution in [0.1, 0.15) is 30.9 Å². The summed E-state index contributed by atoms with van der Waals surface area (Å²) in [5.74, 6) is 1.57. The molecule has 9 heteroatoms. The average Bonchev–Trinajstić information content (AvgIpc) is 3.08. The Hall–Kier alpha value is -1.91. The van der Waals surface area contributed by atoms with Crippen molar-refractivity contribution in [3.63, 3.8) is 0 Å². The van der Waals surface area contributed by atoms with Gasteiger partial charge in [-0.25, -0.2) is 4.99 Å². The predicted octanol–water partition coefficient (Wildman–Crippen LogP) is 4.05. The molecular formula is C18H25F2IN4O2. The van der Waals surface area contributed by atoms with Crippen molar-refractivity contribution in [2.24, 2.45) is 4.99 Å². The van der Waals surface area contributed by atoms with Crippen molar-refractivity contribution < 1.29 is 18.0 Å². The van der Waals surface area contributed by atoms with Gasteiger partial charge in [0.15, 0.2) is 11.7 Å². The van der Waals surface area contributed by atoms with Crippen LogP contribution in [0.15, 0.2) is 39.8 Å². The average molecular weight is 494 g/mol. The normalized spacial score (nSPS) is 11.3. The fraction of sp³-hybridized carbons (Fsp3) is 0.444. The molecular weight excluding hydrogens is 469 g/mol. The number of ether oxygens (including phenoxy) is 1. The van der Waals surface area contributed by atoms with Crippen LogP contribution >= 0.6 is 24.0 Å². The van der Waals surface area contributed by atoms with E-state index in [1.54, 1.807) is 12.1 Å². The van der Waals surface area contributed by atoms with Gasteiger partial charge in [-0.15, -0.1) is 24.0 Å². The van der Waals surface area contributed by atoms with E-state index in [-0.39, 0.29) is 29.7 Å². The van der Waals surface area contributed by atoms with Gasteiger partial charge in [0, 0.05) is 26.2 Å². The van der Waals surface area contributed by atoms with Gasteiger partial charge < -0.3 is 19.5 Å². The van der Waals surface area contributed by atoms with Gasteiger partial charge in [0.25, 0.3) is 0 Å². The summed E-state index contributed by atoms with van der Waals surface area (Å²) in [7, 11) is 1.91. The number of aryl methyl sites for hydroxylation is 1. The molecule has 6 nitrogen and oxygen atoms in total. The Balaban J connectivity index is 0.00000364. The van der Waals surface area contributed by atoms with Crippen LogP contribution in [0.2, 0.25) is 0 Å². The maximum Gasteiger partial charge on any atom is 0.387 e. The minimum absolute atomic E-state index is 0. The SMILES string of the molecule is CCNC(=NCc1cc(CC)no1)N(C)Cc1ccc(OC(F)F)cc1.I. The van der Waals surface area contributed by atoms with Crippen molar-refractivity contribution in [2.45, 2.75) is 40.0 Å². The third-order valence-corrected chi connectivity index (χ3v) is 3.62. The molecule has 0 spiro atoms. The smallest absolute Gasteiger partial charge is 0.387 e. The van der Waals surface area contributed by atoms with E-state index in [9.17, 15) is 8.78 Å². The van der Waals surface area contributed by atoms with Gasteiger partial charge in [-0.2, -0.15) is 8.78 Å². The van der Waals surface area contributed by atoms with E-state index in [4.69, 9.17) is 4.52 Å². The highest BCUT2D eigenvalue weighted by Gasteiger charge is 2.09. The molecule has 1 N–H and O–H groups in total. The zero-order chi connectivity index (χ0) is 18.9. The van der Waals surface area contributed by atoms with Gasteiger partial charge in [-0.05, 0) is 31.0 Å². The first kappa shape index (κ1) is 23.1. The Bertz CT molecular complexity index is 708. The molecule has 0 saturated heterocycles. The lowest BCUT2D eigenvalue weighted by Gasteiger charge is -2.22. The van der Waals surface area contributed by atoms with Crippen LogP contribution in [-0.2, 0) is 19.5 Å². The van der Waals surface area contributed by atoms with Crippen LogP contribution in [0, 0.1) is 0 Å². The van der Waals surface area contributed by atoms with Crippen molar-refractivity contribution >= 4 is 29.9 Å². The van der Waals surface area contributed by atoms with E-state index in [1.807, 2.05) is 31.9 Å². The minimum atomic E-state index is -2.82. The molecule has 27 heavy (non-hydrogen) atoms. The molecule has 0 aliphatic carbocycles. The van der Waals surface area contributed by atoms with Crippen molar-refractivity contribution in [1.82, 2.24) is 15.4 Å². The molecule has 0 bridgehead atoms. The van der Waals surface area contributed by atoms with Gasteiger partial charge in [0.1, 0.15) is 12.3 Å². The highest BCUT2D eigenvalue weighted by Crippen LogP contribution is 2.16. The molecule has 0 fully saturated rings. The van der Waals surface area contributed by atoms with E-state index in [0.29, 0.717) is 18.8 Å². The van der Waals surface area contributed by atoms with E-state index in [1.165, 1.54) is 12.1 Å². The van der Waals surface area contributed by atoms with Gasteiger partial charge in [0.2, 0.25) is 0 Å². The van der Waals surface area contributed by atoms with E-state index >= 15 is 0 Å². The van der Waals surface area contributed by atoms with Crippen LogP contribution in [0.5, 0.6) is 5.75 Å². The predicted molar refractivity (Wildman–Crippen MR) is 111 cm³/mol. The number of guanidine groups is 1. The molecule has 0 radical (unpaired) electrons. The van der Waals surface area contributed by atoms with Crippen molar-refractivity contribution in [1.29, 1.82) is 0 Å². The van der Waals surface area contributed by atoms with Crippen molar-refractivity contribution in [3.8, 4) is 5.75 Å². The molecule has 2 rings (SSSR count). The lowest BCUT2D eigenvalue weighted by atomic mass is 10.2. The Morgan fingerprint density at radius 1 is 1.30 bits per heavy atom. The zero-order valence-corrected chi connectivity index (χ0v) is 17.9. The molecule has 0 amide bonds. The summed E-state index contributed by atoms with van der Waals surface area (Å²) in [4.78, 5) is 6.51. The summed E-state index contributed by atoms with van der Waals surface area (Å²) in [5, 5.41) is 7.18. The lowest BCUT2D eigenvalue weighted by Crippen LogP contribution is -2.38. The van der Waals surface area contributed by atoms with Crippen LogP contribution < -0.4 is 10.1 Å². The van der Waals surface area contributed by atoms with Gasteiger partial charge in [0.05, 0.1) is 5.69 Å². The molecule has 2 aromatic rings. The summed E-state index contributed by atoms with van der Waals surface area (Å²) >= 11 is 0. The summed E-state index contributed by atoms with van der Waals surface area (Å²) < 4.78 is 34.0. The maximum absolute atomic E-state index is 12.2. The lowest BCUT2D eigenvalue weighted by molar-refractivity contribution is -0.0498. The molecule has 0 aliphatic heterocycles. The maximum atomic E-state index is 12.2. The molecule has 0 unspecified atom stereocenters. The van der Waals surface area contributed by atoms with Gasteiger partial charge in [-0.1, -0.05) is 24.2 Å². The Morgan fingerprint density at radius 3 is 2.56 bits per heavy atom. The standard InChI is InChI=1S/C18H24F2N4O2.HI/c1-4-14-10-16(26-23-14)11-22-18(21-5-2)24(3)12-13-6-8-15(9-7-13)25-17(19)20;/h6-10,17H,4-5,11-12H2,1-3H3,(H,21,22);1H. The third kappa shape index (κ3) is 7.69. The number of alkyl halides is 2. The highest BCUT2D eigenvalue weighted by molar-refractivity contribution is 14.0. The molecule has 0 saturated carbocycles. The van der Waals surface area contributed by atoms with Crippen molar-refractivity contribution in [3.05, 3.63) is 47.3 Å². The molecule has 1 heterocycles. The molecule has 0 aliphatic rings. The second-order valence-corrected chi connectivity index (χ2v) is 5.69. The third-order valence-electron chi connectivity index (χ3n) is 3.62.